The highest BCUT2D eigenvalue weighted by Crippen LogP contribution is 2.48. The lowest BCUT2D eigenvalue weighted by Gasteiger charge is -2.39. The Morgan fingerprint density at radius 2 is 1.10 bits per heavy atom. The fourth-order valence-corrected chi connectivity index (χ4v) is 10.0. The van der Waals surface area contributed by atoms with Crippen LogP contribution in [0.3, 0.4) is 0 Å². The zero-order valence-corrected chi connectivity index (χ0v) is 29.3. The van der Waals surface area contributed by atoms with Crippen LogP contribution in [0.2, 0.25) is 0 Å². The molecule has 0 saturated heterocycles. The van der Waals surface area contributed by atoms with E-state index in [-0.39, 0.29) is 5.41 Å². The third kappa shape index (κ3) is 4.91. The van der Waals surface area contributed by atoms with Crippen LogP contribution in [-0.2, 0) is 5.41 Å². The molecular formula is C48H38N2S. The highest BCUT2D eigenvalue weighted by atomic mass is 32.1. The minimum Gasteiger partial charge on any atom is -0.310 e. The Bertz CT molecular complexity index is 2660. The summed E-state index contributed by atoms with van der Waals surface area (Å²) in [6, 6.07) is 63.1. The van der Waals surface area contributed by atoms with Gasteiger partial charge in [-0.05, 0) is 90.7 Å². The van der Waals surface area contributed by atoms with Gasteiger partial charge in [-0.25, -0.2) is 0 Å². The standard InChI is InChI=1S/C48H38N2S/c1-4-15-34(16-5-1)48(31-12-3-13-32-48)35-25-27-37(28-26-35)49(44-22-14-24-46-47(44)40-20-9-11-23-45(40)51-46)38-29-30-43-41(33-38)39-19-8-10-21-42(39)50(43)36-17-6-2-7-18-36/h1-2,4-11,14-30,33H,3,12-13,31-32H2. The van der Waals surface area contributed by atoms with E-state index in [1.54, 1.807) is 0 Å². The van der Waals surface area contributed by atoms with E-state index in [2.05, 4.69) is 179 Å². The fraction of sp³-hybridized carbons (Fsp3) is 0.125. The summed E-state index contributed by atoms with van der Waals surface area (Å²) in [6.07, 6.45) is 6.26. The lowest BCUT2D eigenvalue weighted by molar-refractivity contribution is 0.346. The van der Waals surface area contributed by atoms with Crippen LogP contribution in [0.5, 0.6) is 0 Å². The van der Waals surface area contributed by atoms with Crippen molar-refractivity contribution < 1.29 is 0 Å². The molecule has 1 saturated carbocycles. The maximum Gasteiger partial charge on any atom is 0.0554 e. The molecule has 0 atom stereocenters. The lowest BCUT2D eigenvalue weighted by Crippen LogP contribution is -2.30. The predicted molar refractivity (Wildman–Crippen MR) is 219 cm³/mol. The molecule has 2 nitrogen and oxygen atoms in total. The van der Waals surface area contributed by atoms with Crippen molar-refractivity contribution in [2.24, 2.45) is 0 Å². The molecule has 0 spiro atoms. The predicted octanol–water partition coefficient (Wildman–Crippen LogP) is 13.9. The average Bonchev–Trinajstić information content (AvgIpc) is 3.75. The Balaban J connectivity index is 1.19. The zero-order chi connectivity index (χ0) is 33.8. The number of thiophene rings is 1. The number of anilines is 3. The van der Waals surface area contributed by atoms with Crippen LogP contribution in [0.4, 0.5) is 17.1 Å². The third-order valence-electron chi connectivity index (χ3n) is 11.3. The first kappa shape index (κ1) is 30.2. The number of fused-ring (bicyclic) bond motifs is 6. The van der Waals surface area contributed by atoms with Crippen molar-refractivity contribution >= 4 is 70.4 Å². The molecule has 1 aliphatic carbocycles. The van der Waals surface area contributed by atoms with Crippen molar-refractivity contribution in [1.82, 2.24) is 4.57 Å². The van der Waals surface area contributed by atoms with Crippen molar-refractivity contribution in [2.45, 2.75) is 37.5 Å². The minimum atomic E-state index is 0.0601. The molecule has 0 N–H and O–H groups in total. The van der Waals surface area contributed by atoms with E-state index in [0.717, 1.165) is 5.69 Å². The van der Waals surface area contributed by atoms with Gasteiger partial charge in [0.05, 0.1) is 16.7 Å². The monoisotopic (exact) mass is 674 g/mol. The van der Waals surface area contributed by atoms with Gasteiger partial charge in [-0.3, -0.25) is 0 Å². The molecule has 246 valence electrons. The van der Waals surface area contributed by atoms with Gasteiger partial charge in [0.15, 0.2) is 0 Å². The molecular weight excluding hydrogens is 637 g/mol. The summed E-state index contributed by atoms with van der Waals surface area (Å²) < 4.78 is 5.02. The molecule has 2 heterocycles. The summed E-state index contributed by atoms with van der Waals surface area (Å²) in [6.45, 7) is 0. The van der Waals surface area contributed by atoms with Gasteiger partial charge in [-0.2, -0.15) is 0 Å². The van der Waals surface area contributed by atoms with Crippen LogP contribution in [0, 0.1) is 0 Å². The molecule has 0 aliphatic heterocycles. The molecule has 1 fully saturated rings. The van der Waals surface area contributed by atoms with Crippen molar-refractivity contribution in [2.75, 3.05) is 4.90 Å². The normalized spacial score (nSPS) is 14.4. The van der Waals surface area contributed by atoms with Crippen molar-refractivity contribution in [3.8, 4) is 5.69 Å². The molecule has 51 heavy (non-hydrogen) atoms. The number of nitrogens with zero attached hydrogens (tertiary/aromatic N) is 2. The second kappa shape index (κ2) is 12.3. The second-order valence-corrected chi connectivity index (χ2v) is 15.1. The van der Waals surface area contributed by atoms with Crippen molar-refractivity contribution in [3.05, 3.63) is 181 Å². The Labute approximate surface area is 302 Å². The Hall–Kier alpha value is -5.64. The van der Waals surface area contributed by atoms with Gasteiger partial charge >= 0.3 is 0 Å². The highest BCUT2D eigenvalue weighted by molar-refractivity contribution is 7.26. The number of hydrogen-bond acceptors (Lipinski definition) is 2. The Morgan fingerprint density at radius 1 is 0.471 bits per heavy atom. The molecule has 0 bridgehead atoms. The van der Waals surface area contributed by atoms with E-state index in [4.69, 9.17) is 0 Å². The summed E-state index contributed by atoms with van der Waals surface area (Å²) in [4.78, 5) is 2.50. The largest absolute Gasteiger partial charge is 0.310 e. The number of benzene rings is 7. The van der Waals surface area contributed by atoms with Gasteiger partial charge in [0.1, 0.15) is 0 Å². The SMILES string of the molecule is c1ccc(-n2c3ccccc3c3cc(N(c4ccc(C5(c6ccccc6)CCCCC5)cc4)c4cccc5sc6ccccc6c45)ccc32)cc1. The molecule has 2 aromatic heterocycles. The first-order valence-electron chi connectivity index (χ1n) is 18.2. The summed E-state index contributed by atoms with van der Waals surface area (Å²) in [5.41, 5.74) is 10.1. The summed E-state index contributed by atoms with van der Waals surface area (Å²) in [5, 5.41) is 5.12. The molecule has 9 aromatic rings. The van der Waals surface area contributed by atoms with E-state index in [9.17, 15) is 0 Å². The van der Waals surface area contributed by atoms with Crippen molar-refractivity contribution in [1.29, 1.82) is 0 Å². The van der Waals surface area contributed by atoms with Gasteiger partial charge in [0, 0.05) is 53.4 Å². The zero-order valence-electron chi connectivity index (χ0n) is 28.5. The number of hydrogen-bond donors (Lipinski definition) is 0. The number of rotatable bonds is 6. The van der Waals surface area contributed by atoms with E-state index in [1.165, 1.54) is 102 Å². The Kier molecular flexibility index (Phi) is 7.28. The Morgan fingerprint density at radius 3 is 1.90 bits per heavy atom. The van der Waals surface area contributed by atoms with Crippen LogP contribution < -0.4 is 4.90 Å². The molecule has 0 unspecified atom stereocenters. The van der Waals surface area contributed by atoms with Gasteiger partial charge in [0.2, 0.25) is 0 Å². The topological polar surface area (TPSA) is 8.17 Å². The quantitative estimate of drug-likeness (QED) is 0.170. The van der Waals surface area contributed by atoms with Crippen LogP contribution >= 0.6 is 11.3 Å². The van der Waals surface area contributed by atoms with Crippen LogP contribution in [0.1, 0.15) is 43.2 Å². The van der Waals surface area contributed by atoms with Gasteiger partial charge < -0.3 is 9.47 Å². The summed E-state index contributed by atoms with van der Waals surface area (Å²) in [7, 11) is 0. The fourth-order valence-electron chi connectivity index (χ4n) is 8.91. The third-order valence-corrected chi connectivity index (χ3v) is 12.4. The minimum absolute atomic E-state index is 0.0601. The van der Waals surface area contributed by atoms with E-state index < -0.39 is 0 Å². The lowest BCUT2D eigenvalue weighted by atomic mass is 9.65. The van der Waals surface area contributed by atoms with Gasteiger partial charge in [-0.15, -0.1) is 11.3 Å². The van der Waals surface area contributed by atoms with E-state index in [0.29, 0.717) is 0 Å². The van der Waals surface area contributed by atoms with E-state index >= 15 is 0 Å². The number of para-hydroxylation sites is 2. The molecule has 10 rings (SSSR count). The second-order valence-electron chi connectivity index (χ2n) is 14.0. The molecule has 7 aromatic carbocycles. The van der Waals surface area contributed by atoms with Crippen LogP contribution in [-0.4, -0.2) is 4.57 Å². The molecule has 3 heteroatoms. The summed E-state index contributed by atoms with van der Waals surface area (Å²) in [5.74, 6) is 0. The average molecular weight is 675 g/mol. The van der Waals surface area contributed by atoms with Gasteiger partial charge in [0.25, 0.3) is 0 Å². The molecule has 0 amide bonds. The summed E-state index contributed by atoms with van der Waals surface area (Å²) >= 11 is 1.88. The first-order chi connectivity index (χ1) is 25.3. The molecule has 0 radical (unpaired) electrons. The first-order valence-corrected chi connectivity index (χ1v) is 19.1. The van der Waals surface area contributed by atoms with E-state index in [1.807, 2.05) is 11.3 Å². The maximum absolute atomic E-state index is 2.50. The van der Waals surface area contributed by atoms with Crippen LogP contribution in [0.25, 0.3) is 47.7 Å². The molecule has 1 aliphatic rings. The highest BCUT2D eigenvalue weighted by Gasteiger charge is 2.35. The van der Waals surface area contributed by atoms with Crippen molar-refractivity contribution in [3.63, 3.8) is 0 Å². The smallest absolute Gasteiger partial charge is 0.0554 e. The number of aromatic nitrogens is 1. The maximum atomic E-state index is 2.50. The van der Waals surface area contributed by atoms with Gasteiger partial charge in [-0.1, -0.05) is 122 Å². The van der Waals surface area contributed by atoms with Crippen LogP contribution in [0.15, 0.2) is 170 Å².